The average molecular weight is 781 g/mol. The summed E-state index contributed by atoms with van der Waals surface area (Å²) in [6.07, 6.45) is -2.55. The summed E-state index contributed by atoms with van der Waals surface area (Å²) in [5.41, 5.74) is 3.20. The minimum atomic E-state index is -1.40. The van der Waals surface area contributed by atoms with E-state index in [2.05, 4.69) is 21.3 Å². The van der Waals surface area contributed by atoms with E-state index in [1.165, 1.54) is 0 Å². The van der Waals surface area contributed by atoms with Gasteiger partial charge < -0.3 is 41.0 Å². The van der Waals surface area contributed by atoms with Gasteiger partial charge >= 0.3 is 12.2 Å². The number of hydrogen-bond donors (Lipinski definition) is 6. The molecule has 0 bridgehead atoms. The van der Waals surface area contributed by atoms with E-state index in [0.29, 0.717) is 0 Å². The fraction of sp³-hybridized carbons (Fsp3) is 0.378. The summed E-state index contributed by atoms with van der Waals surface area (Å²) in [7, 11) is 0. The van der Waals surface area contributed by atoms with Gasteiger partial charge in [-0.3, -0.25) is 9.59 Å². The number of benzene rings is 4. The number of hydrogen-bond acceptors (Lipinski definition) is 8. The van der Waals surface area contributed by atoms with Gasteiger partial charge in [0.25, 0.3) is 0 Å². The molecule has 304 valence electrons. The molecule has 1 unspecified atom stereocenters. The summed E-state index contributed by atoms with van der Waals surface area (Å²) in [6.45, 7) is 6.61. The molecule has 0 aliphatic carbocycles. The fourth-order valence-electron chi connectivity index (χ4n) is 6.47. The van der Waals surface area contributed by atoms with E-state index in [1.807, 2.05) is 121 Å². The van der Waals surface area contributed by atoms with Crippen molar-refractivity contribution in [3.63, 3.8) is 0 Å². The molecule has 6 N–H and O–H groups in total. The molecule has 12 nitrogen and oxygen atoms in total. The Morgan fingerprint density at radius 3 is 1.19 bits per heavy atom. The molecule has 6 atom stereocenters. The SMILES string of the molecule is CC(C)C(NC(=O)OCc1ccccc1)C(=O)N[C@@H](Cc1ccccc1)[C@H](CO)[C@@H](O)[C@H](Cc1ccccc1)NC(=O)[C@@H](NC(=O)OCc1ccccc1)C(C)C. The highest BCUT2D eigenvalue weighted by Crippen LogP contribution is 2.21. The van der Waals surface area contributed by atoms with Crippen LogP contribution in [-0.4, -0.2) is 71.1 Å². The number of alkyl carbamates (subject to hydrolysis) is 2. The van der Waals surface area contributed by atoms with Gasteiger partial charge in [-0.15, -0.1) is 0 Å². The number of rotatable bonds is 20. The third-order valence-corrected chi connectivity index (χ3v) is 9.70. The lowest BCUT2D eigenvalue weighted by molar-refractivity contribution is -0.128. The standard InChI is InChI=1S/C45H56N4O8/c1-30(2)39(48-44(54)56-28-34-21-13-7-14-22-34)42(52)46-37(25-32-17-9-5-10-18-32)36(27-50)41(51)38(26-33-19-11-6-12-20-33)47-43(53)40(31(3)4)49-45(55)57-29-35-23-15-8-16-24-35/h5-24,30-31,36-41,50-51H,25-29H2,1-4H3,(H,46,52)(H,47,53)(H,48,54)(H,49,55)/t36-,37-,38-,39?,40-,41+/m0/s1. The van der Waals surface area contributed by atoms with E-state index >= 15 is 0 Å². The van der Waals surface area contributed by atoms with E-state index in [0.717, 1.165) is 22.3 Å². The minimum Gasteiger partial charge on any atom is -0.445 e. The zero-order chi connectivity index (χ0) is 41.2. The van der Waals surface area contributed by atoms with Gasteiger partial charge in [-0.05, 0) is 46.9 Å². The predicted octanol–water partition coefficient (Wildman–Crippen LogP) is 5.31. The molecule has 4 rings (SSSR count). The normalized spacial score (nSPS) is 14.3. The number of carbonyl (C=O) groups is 4. The molecule has 0 spiro atoms. The van der Waals surface area contributed by atoms with E-state index < -0.39 is 66.8 Å². The van der Waals surface area contributed by atoms with Gasteiger partial charge in [-0.1, -0.05) is 149 Å². The molecule has 0 aromatic heterocycles. The van der Waals surface area contributed by atoms with Crippen LogP contribution in [0.25, 0.3) is 0 Å². The van der Waals surface area contributed by atoms with Crippen LogP contribution in [0.5, 0.6) is 0 Å². The summed E-state index contributed by atoms with van der Waals surface area (Å²) < 4.78 is 10.8. The first-order chi connectivity index (χ1) is 27.4. The summed E-state index contributed by atoms with van der Waals surface area (Å²) in [4.78, 5) is 53.8. The van der Waals surface area contributed by atoms with Crippen molar-refractivity contribution in [1.29, 1.82) is 0 Å². The zero-order valence-electron chi connectivity index (χ0n) is 33.0. The highest BCUT2D eigenvalue weighted by molar-refractivity contribution is 5.87. The molecule has 12 heteroatoms. The molecule has 0 aliphatic rings. The third-order valence-electron chi connectivity index (χ3n) is 9.70. The van der Waals surface area contributed by atoms with E-state index in [1.54, 1.807) is 27.7 Å². The smallest absolute Gasteiger partial charge is 0.408 e. The van der Waals surface area contributed by atoms with Crippen molar-refractivity contribution in [2.45, 2.75) is 84.0 Å². The van der Waals surface area contributed by atoms with Crippen molar-refractivity contribution in [2.24, 2.45) is 17.8 Å². The largest absolute Gasteiger partial charge is 0.445 e. The van der Waals surface area contributed by atoms with Crippen molar-refractivity contribution >= 4 is 24.0 Å². The lowest BCUT2D eigenvalue weighted by Crippen LogP contribution is -2.60. The second kappa shape index (κ2) is 22.7. The maximum absolute atomic E-state index is 14.0. The molecule has 0 heterocycles. The monoisotopic (exact) mass is 780 g/mol. The molecule has 0 aliphatic heterocycles. The molecular formula is C45H56N4O8. The van der Waals surface area contributed by atoms with Gasteiger partial charge in [-0.25, -0.2) is 9.59 Å². The molecular weight excluding hydrogens is 725 g/mol. The van der Waals surface area contributed by atoms with E-state index in [-0.39, 0.29) is 37.9 Å². The highest BCUT2D eigenvalue weighted by atomic mass is 16.6. The lowest BCUT2D eigenvalue weighted by atomic mass is 9.83. The summed E-state index contributed by atoms with van der Waals surface area (Å²) in [5, 5.41) is 34.5. The second-order valence-corrected chi connectivity index (χ2v) is 14.8. The lowest BCUT2D eigenvalue weighted by Gasteiger charge is -2.37. The maximum Gasteiger partial charge on any atom is 0.408 e. The van der Waals surface area contributed by atoms with Crippen molar-refractivity contribution in [1.82, 2.24) is 21.3 Å². The van der Waals surface area contributed by atoms with Crippen LogP contribution >= 0.6 is 0 Å². The number of aliphatic hydroxyl groups excluding tert-OH is 2. The predicted molar refractivity (Wildman–Crippen MR) is 218 cm³/mol. The Bertz CT molecular complexity index is 1810. The van der Waals surface area contributed by atoms with Gasteiger partial charge in [0.2, 0.25) is 11.8 Å². The minimum absolute atomic E-state index is 0.0171. The third kappa shape index (κ3) is 14.4. The molecule has 57 heavy (non-hydrogen) atoms. The van der Waals surface area contributed by atoms with Crippen LogP contribution in [0, 0.1) is 17.8 Å². The first-order valence-electron chi connectivity index (χ1n) is 19.4. The number of carbonyl (C=O) groups excluding carboxylic acids is 4. The fourth-order valence-corrected chi connectivity index (χ4v) is 6.47. The Morgan fingerprint density at radius 1 is 0.509 bits per heavy atom. The molecule has 0 saturated carbocycles. The van der Waals surface area contributed by atoms with Crippen LogP contribution < -0.4 is 21.3 Å². The van der Waals surface area contributed by atoms with Crippen LogP contribution in [0.2, 0.25) is 0 Å². The Balaban J connectivity index is 1.56. The Hall–Kier alpha value is -5.72. The summed E-state index contributed by atoms with van der Waals surface area (Å²) >= 11 is 0. The van der Waals surface area contributed by atoms with E-state index in [4.69, 9.17) is 9.47 Å². The number of amides is 4. The van der Waals surface area contributed by atoms with Crippen LogP contribution in [0.15, 0.2) is 121 Å². The van der Waals surface area contributed by atoms with Gasteiger partial charge in [0, 0.05) is 12.0 Å². The molecule has 4 aromatic rings. The van der Waals surface area contributed by atoms with Crippen molar-refractivity contribution in [2.75, 3.05) is 6.61 Å². The quantitative estimate of drug-likeness (QED) is 0.0700. The van der Waals surface area contributed by atoms with E-state index in [9.17, 15) is 29.4 Å². The molecule has 0 radical (unpaired) electrons. The van der Waals surface area contributed by atoms with Gasteiger partial charge in [0.15, 0.2) is 0 Å². The van der Waals surface area contributed by atoms with Crippen molar-refractivity contribution < 1.29 is 38.9 Å². The topological polar surface area (TPSA) is 175 Å². The zero-order valence-corrected chi connectivity index (χ0v) is 33.0. The Kier molecular flexibility index (Phi) is 17.6. The molecule has 4 aromatic carbocycles. The molecule has 0 saturated heterocycles. The first kappa shape index (κ1) is 44.0. The number of ether oxygens (including phenoxy) is 2. The summed E-state index contributed by atoms with van der Waals surface area (Å²) in [6, 6.07) is 33.0. The highest BCUT2D eigenvalue weighted by Gasteiger charge is 2.38. The molecule has 4 amide bonds. The van der Waals surface area contributed by atoms with Gasteiger partial charge in [0.05, 0.1) is 18.8 Å². The van der Waals surface area contributed by atoms with Crippen molar-refractivity contribution in [3.8, 4) is 0 Å². The summed E-state index contributed by atoms with van der Waals surface area (Å²) in [5.74, 6) is -2.80. The first-order valence-corrected chi connectivity index (χ1v) is 19.4. The van der Waals surface area contributed by atoms with Crippen molar-refractivity contribution in [3.05, 3.63) is 144 Å². The molecule has 0 fully saturated rings. The van der Waals surface area contributed by atoms with Crippen LogP contribution in [0.1, 0.15) is 49.9 Å². The number of aliphatic hydroxyl groups is 2. The van der Waals surface area contributed by atoms with Crippen LogP contribution in [0.4, 0.5) is 9.59 Å². The Morgan fingerprint density at radius 2 is 0.842 bits per heavy atom. The average Bonchev–Trinajstić information content (AvgIpc) is 3.21. The van der Waals surface area contributed by atoms with Gasteiger partial charge in [-0.2, -0.15) is 0 Å². The maximum atomic E-state index is 14.0. The van der Waals surface area contributed by atoms with Crippen LogP contribution in [-0.2, 0) is 45.1 Å². The number of nitrogens with one attached hydrogen (secondary N) is 4. The Labute approximate surface area is 335 Å². The van der Waals surface area contributed by atoms with Gasteiger partial charge in [0.1, 0.15) is 25.3 Å². The van der Waals surface area contributed by atoms with Crippen LogP contribution in [0.3, 0.4) is 0 Å². The second-order valence-electron chi connectivity index (χ2n) is 14.8.